The lowest BCUT2D eigenvalue weighted by molar-refractivity contribution is 0.234. The van der Waals surface area contributed by atoms with Crippen molar-refractivity contribution in [1.82, 2.24) is 10.3 Å². The van der Waals surface area contributed by atoms with Crippen molar-refractivity contribution >= 4 is 22.5 Å². The maximum Gasteiger partial charge on any atom is 0.323 e. The Hall–Kier alpha value is -2.08. The number of ether oxygens (including phenoxy) is 1. The monoisotopic (exact) mass is 277 g/mol. The third-order valence-corrected chi connectivity index (χ3v) is 3.29. The van der Waals surface area contributed by atoms with Crippen LogP contribution in [-0.4, -0.2) is 17.7 Å². The highest BCUT2D eigenvalue weighted by Crippen LogP contribution is 2.16. The Bertz CT molecular complexity index is 555. The molecule has 6 heteroatoms. The van der Waals surface area contributed by atoms with E-state index < -0.39 is 0 Å². The van der Waals surface area contributed by atoms with Gasteiger partial charge in [-0.25, -0.2) is 9.78 Å². The Morgan fingerprint density at radius 1 is 1.37 bits per heavy atom. The van der Waals surface area contributed by atoms with Crippen LogP contribution in [0.3, 0.4) is 0 Å². The van der Waals surface area contributed by atoms with Gasteiger partial charge in [-0.05, 0) is 37.1 Å². The number of aromatic nitrogens is 1. The van der Waals surface area contributed by atoms with E-state index in [1.54, 1.807) is 11.6 Å². The van der Waals surface area contributed by atoms with Crippen LogP contribution in [0, 0.1) is 13.8 Å². The standard InChI is InChI=1S/C13H15N3O2S/c1-9-3-4-11(7-10(9)2)18-8-15-12(17)16-13-14-5-6-19-13/h3-7H,8H2,1-2H3,(H2,14,15,16,17). The number of nitrogens with zero attached hydrogens (tertiary/aromatic N) is 1. The summed E-state index contributed by atoms with van der Waals surface area (Å²) >= 11 is 1.36. The predicted molar refractivity (Wildman–Crippen MR) is 75.7 cm³/mol. The molecule has 5 nitrogen and oxygen atoms in total. The van der Waals surface area contributed by atoms with Crippen LogP contribution in [0.25, 0.3) is 0 Å². The van der Waals surface area contributed by atoms with Gasteiger partial charge in [-0.15, -0.1) is 11.3 Å². The smallest absolute Gasteiger partial charge is 0.323 e. The molecule has 2 aromatic rings. The first-order valence-electron chi connectivity index (χ1n) is 5.79. The molecular formula is C13H15N3O2S. The van der Waals surface area contributed by atoms with Gasteiger partial charge in [-0.1, -0.05) is 6.07 Å². The van der Waals surface area contributed by atoms with E-state index in [1.165, 1.54) is 16.9 Å². The lowest BCUT2D eigenvalue weighted by Crippen LogP contribution is -2.31. The first-order valence-corrected chi connectivity index (χ1v) is 6.67. The molecule has 0 aliphatic heterocycles. The summed E-state index contributed by atoms with van der Waals surface area (Å²) in [5.74, 6) is 0.734. The Kier molecular flexibility index (Phi) is 4.35. The molecule has 0 radical (unpaired) electrons. The summed E-state index contributed by atoms with van der Waals surface area (Å²) in [4.78, 5) is 15.4. The number of benzene rings is 1. The molecule has 0 spiro atoms. The Morgan fingerprint density at radius 3 is 2.89 bits per heavy atom. The van der Waals surface area contributed by atoms with Gasteiger partial charge in [0.25, 0.3) is 0 Å². The summed E-state index contributed by atoms with van der Waals surface area (Å²) in [7, 11) is 0. The number of carbonyl (C=O) groups is 1. The molecule has 1 aromatic heterocycles. The molecule has 2 N–H and O–H groups in total. The number of anilines is 1. The van der Waals surface area contributed by atoms with Crippen molar-refractivity contribution < 1.29 is 9.53 Å². The summed E-state index contributed by atoms with van der Waals surface area (Å²) in [6.45, 7) is 4.17. The molecule has 100 valence electrons. The fraction of sp³-hybridized carbons (Fsp3) is 0.231. The average molecular weight is 277 g/mol. The maximum absolute atomic E-state index is 11.5. The minimum atomic E-state index is -0.334. The van der Waals surface area contributed by atoms with Gasteiger partial charge in [0.15, 0.2) is 11.9 Å². The summed E-state index contributed by atoms with van der Waals surface area (Å²) in [6, 6.07) is 5.47. The van der Waals surface area contributed by atoms with Crippen LogP contribution in [0.4, 0.5) is 9.93 Å². The van der Waals surface area contributed by atoms with Crippen molar-refractivity contribution in [3.8, 4) is 5.75 Å². The van der Waals surface area contributed by atoms with Crippen LogP contribution in [0.1, 0.15) is 11.1 Å². The summed E-state index contributed by atoms with van der Waals surface area (Å²) in [5, 5.41) is 7.56. The molecular weight excluding hydrogens is 262 g/mol. The van der Waals surface area contributed by atoms with Crippen molar-refractivity contribution in [2.24, 2.45) is 0 Å². The lowest BCUT2D eigenvalue weighted by Gasteiger charge is -2.09. The fourth-order valence-electron chi connectivity index (χ4n) is 1.42. The molecule has 2 amide bonds. The minimum Gasteiger partial charge on any atom is -0.473 e. The number of amides is 2. The topological polar surface area (TPSA) is 63.2 Å². The molecule has 0 unspecified atom stereocenters. The van der Waals surface area contributed by atoms with Crippen molar-refractivity contribution in [3.63, 3.8) is 0 Å². The largest absolute Gasteiger partial charge is 0.473 e. The van der Waals surface area contributed by atoms with E-state index in [-0.39, 0.29) is 12.8 Å². The van der Waals surface area contributed by atoms with Crippen molar-refractivity contribution in [2.45, 2.75) is 13.8 Å². The lowest BCUT2D eigenvalue weighted by atomic mass is 10.1. The van der Waals surface area contributed by atoms with E-state index in [0.29, 0.717) is 5.13 Å². The number of thiazole rings is 1. The molecule has 2 rings (SSSR count). The van der Waals surface area contributed by atoms with Gasteiger partial charge in [0, 0.05) is 11.6 Å². The van der Waals surface area contributed by atoms with E-state index in [4.69, 9.17) is 4.74 Å². The van der Waals surface area contributed by atoms with Crippen LogP contribution < -0.4 is 15.4 Å². The molecule has 0 fully saturated rings. The summed E-state index contributed by atoms with van der Waals surface area (Å²) < 4.78 is 5.44. The van der Waals surface area contributed by atoms with Gasteiger partial charge < -0.3 is 10.1 Å². The second-order valence-corrected chi connectivity index (χ2v) is 4.90. The zero-order valence-electron chi connectivity index (χ0n) is 10.8. The van der Waals surface area contributed by atoms with E-state index in [9.17, 15) is 4.79 Å². The highest BCUT2D eigenvalue weighted by molar-refractivity contribution is 7.13. The Balaban J connectivity index is 1.76. The van der Waals surface area contributed by atoms with Crippen molar-refractivity contribution in [3.05, 3.63) is 40.9 Å². The molecule has 0 saturated heterocycles. The van der Waals surface area contributed by atoms with Crippen LogP contribution in [0.15, 0.2) is 29.8 Å². The maximum atomic E-state index is 11.5. The van der Waals surface area contributed by atoms with Gasteiger partial charge in [-0.3, -0.25) is 5.32 Å². The third-order valence-electron chi connectivity index (χ3n) is 2.60. The molecule has 1 heterocycles. The van der Waals surface area contributed by atoms with Crippen LogP contribution in [0.5, 0.6) is 5.75 Å². The highest BCUT2D eigenvalue weighted by atomic mass is 32.1. The molecule has 19 heavy (non-hydrogen) atoms. The Labute approximate surface area is 115 Å². The number of urea groups is 1. The first kappa shape index (κ1) is 13.4. The molecule has 0 atom stereocenters. The SMILES string of the molecule is Cc1ccc(OCNC(=O)Nc2nccs2)cc1C. The minimum absolute atomic E-state index is 0.111. The van der Waals surface area contributed by atoms with Gasteiger partial charge in [-0.2, -0.15) is 0 Å². The van der Waals surface area contributed by atoms with Gasteiger partial charge >= 0.3 is 6.03 Å². The van der Waals surface area contributed by atoms with E-state index >= 15 is 0 Å². The van der Waals surface area contributed by atoms with Crippen LogP contribution in [-0.2, 0) is 0 Å². The normalized spacial score (nSPS) is 10.0. The van der Waals surface area contributed by atoms with Crippen molar-refractivity contribution in [2.75, 3.05) is 12.0 Å². The molecule has 0 saturated carbocycles. The first-order chi connectivity index (χ1) is 9.15. The van der Waals surface area contributed by atoms with Crippen molar-refractivity contribution in [1.29, 1.82) is 0 Å². The molecule has 0 bridgehead atoms. The fourth-order valence-corrected chi connectivity index (χ4v) is 1.94. The third kappa shape index (κ3) is 3.96. The van der Waals surface area contributed by atoms with Crippen LogP contribution in [0.2, 0.25) is 0 Å². The quantitative estimate of drug-likeness (QED) is 0.845. The van der Waals surface area contributed by atoms with Gasteiger partial charge in [0.1, 0.15) is 5.75 Å². The zero-order valence-corrected chi connectivity index (χ0v) is 11.6. The molecule has 1 aromatic carbocycles. The van der Waals surface area contributed by atoms with E-state index in [1.807, 2.05) is 32.0 Å². The molecule has 0 aliphatic rings. The highest BCUT2D eigenvalue weighted by Gasteiger charge is 2.03. The van der Waals surface area contributed by atoms with Crippen LogP contribution >= 0.6 is 11.3 Å². The number of rotatable bonds is 4. The number of hydrogen-bond donors (Lipinski definition) is 2. The van der Waals surface area contributed by atoms with Gasteiger partial charge in [0.2, 0.25) is 0 Å². The second-order valence-electron chi connectivity index (χ2n) is 4.00. The van der Waals surface area contributed by atoms with Gasteiger partial charge in [0.05, 0.1) is 0 Å². The van der Waals surface area contributed by atoms with E-state index in [0.717, 1.165) is 11.3 Å². The Morgan fingerprint density at radius 2 is 2.21 bits per heavy atom. The number of aryl methyl sites for hydroxylation is 2. The average Bonchev–Trinajstić information content (AvgIpc) is 2.86. The summed E-state index contributed by atoms with van der Waals surface area (Å²) in [5.41, 5.74) is 2.37. The predicted octanol–water partition coefficient (Wildman–Crippen LogP) is 2.92. The zero-order chi connectivity index (χ0) is 13.7. The molecule has 0 aliphatic carbocycles. The number of carbonyl (C=O) groups excluding carboxylic acids is 1. The van der Waals surface area contributed by atoms with E-state index in [2.05, 4.69) is 15.6 Å². The summed E-state index contributed by atoms with van der Waals surface area (Å²) in [6.07, 6.45) is 1.63. The number of hydrogen-bond acceptors (Lipinski definition) is 4. The second kappa shape index (κ2) is 6.19. The number of nitrogens with one attached hydrogen (secondary N) is 2.